The van der Waals surface area contributed by atoms with Gasteiger partial charge in [-0.25, -0.2) is 4.70 Å². The minimum absolute atomic E-state index is 0.878. The fraction of sp³-hybridized carbons (Fsp3) is 0.333. The number of hydrogen-bond acceptors (Lipinski definition) is 0. The maximum Gasteiger partial charge on any atom is 0.210 e. The van der Waals surface area contributed by atoms with E-state index in [-0.39, 0.29) is 0 Å². The van der Waals surface area contributed by atoms with Crippen LogP contribution in [0.25, 0.3) is 16.9 Å². The lowest BCUT2D eigenvalue weighted by Crippen LogP contribution is -2.03. The van der Waals surface area contributed by atoms with E-state index in [0.29, 0.717) is 0 Å². The van der Waals surface area contributed by atoms with Crippen molar-refractivity contribution in [3.63, 3.8) is 0 Å². The highest BCUT2D eigenvalue weighted by atomic mass is 15.2. The van der Waals surface area contributed by atoms with Gasteiger partial charge in [-0.1, -0.05) is 51.5 Å². The number of hydrogen-bond donors (Lipinski definition) is 0. The number of aryl methyl sites for hydroxylation is 2. The average Bonchev–Trinajstić information content (AvgIpc) is 3.02. The van der Waals surface area contributed by atoms with Crippen molar-refractivity contribution in [2.45, 2.75) is 52.9 Å². The Labute approximate surface area is 157 Å². The molecule has 1 aliphatic heterocycles. The summed E-state index contributed by atoms with van der Waals surface area (Å²) in [5.74, 6) is 0. The van der Waals surface area contributed by atoms with E-state index < -0.39 is 0 Å². The van der Waals surface area contributed by atoms with Crippen LogP contribution in [-0.2, 0) is 12.8 Å². The van der Waals surface area contributed by atoms with E-state index in [9.17, 15) is 5.53 Å². The van der Waals surface area contributed by atoms with Crippen LogP contribution in [0, 0.1) is 0 Å². The molecule has 0 radical (unpaired) electrons. The molecule has 0 fully saturated rings. The zero-order chi connectivity index (χ0) is 18.5. The summed E-state index contributed by atoms with van der Waals surface area (Å²) in [6.45, 7) is 6.53. The van der Waals surface area contributed by atoms with E-state index in [1.165, 1.54) is 21.4 Å². The first-order valence-electron chi connectivity index (χ1n) is 9.80. The topological polar surface area (TPSA) is 25.3 Å². The van der Waals surface area contributed by atoms with Crippen LogP contribution < -0.4 is 0 Å². The second-order valence-corrected chi connectivity index (χ2v) is 6.93. The molecule has 0 amide bonds. The van der Waals surface area contributed by atoms with Gasteiger partial charge in [0.05, 0.1) is 0 Å². The maximum atomic E-state index is 11.1. The van der Waals surface area contributed by atoms with Crippen molar-refractivity contribution in [3.05, 3.63) is 88.0 Å². The largest absolute Gasteiger partial charge is 0.493 e. The minimum atomic E-state index is 0.878. The Hall–Kier alpha value is -2.48. The third kappa shape index (κ3) is 3.70. The van der Waals surface area contributed by atoms with E-state index in [1.807, 2.05) is 0 Å². The van der Waals surface area contributed by atoms with E-state index in [0.717, 1.165) is 54.6 Å². The molecule has 2 aromatic carbocycles. The molecule has 2 nitrogen and oxygen atoms in total. The summed E-state index contributed by atoms with van der Waals surface area (Å²) in [7, 11) is 0. The summed E-state index contributed by atoms with van der Waals surface area (Å²) >= 11 is 0. The predicted molar refractivity (Wildman–Crippen MR) is 110 cm³/mol. The van der Waals surface area contributed by atoms with Crippen molar-refractivity contribution >= 4 is 11.4 Å². The first-order chi connectivity index (χ1) is 12.7. The summed E-state index contributed by atoms with van der Waals surface area (Å²) < 4.78 is 1.40. The molecule has 0 bridgehead atoms. The number of allylic oxidation sites excluding steroid dienone is 2. The summed E-state index contributed by atoms with van der Waals surface area (Å²) in [6, 6.07) is 17.0. The van der Waals surface area contributed by atoms with Gasteiger partial charge in [-0.3, -0.25) is 0 Å². The smallest absolute Gasteiger partial charge is 0.210 e. The fourth-order valence-electron chi connectivity index (χ4n) is 3.51. The molecule has 0 aliphatic carbocycles. The van der Waals surface area contributed by atoms with Gasteiger partial charge in [0.25, 0.3) is 0 Å². The second-order valence-electron chi connectivity index (χ2n) is 6.93. The summed E-state index contributed by atoms with van der Waals surface area (Å²) in [5, 5.41) is 0. The first kappa shape index (κ1) is 18.3. The van der Waals surface area contributed by atoms with Crippen LogP contribution in [-0.4, -0.2) is 4.70 Å². The number of rotatable bonds is 7. The molecular weight excluding hydrogens is 316 g/mol. The molecule has 0 spiro atoms. The van der Waals surface area contributed by atoms with Crippen molar-refractivity contribution in [3.8, 4) is 0 Å². The zero-order valence-electron chi connectivity index (χ0n) is 16.1. The van der Waals surface area contributed by atoms with Gasteiger partial charge in [-0.05, 0) is 61.1 Å². The first-order valence-corrected chi connectivity index (χ1v) is 9.80. The van der Waals surface area contributed by atoms with Crippen LogP contribution in [0.2, 0.25) is 0 Å². The third-order valence-electron chi connectivity index (χ3n) is 5.09. The summed E-state index contributed by atoms with van der Waals surface area (Å²) in [4.78, 5) is 0. The number of nitrogens with zero attached hydrogens (tertiary/aromatic N) is 2. The van der Waals surface area contributed by atoms with Crippen molar-refractivity contribution in [1.29, 1.82) is 0 Å². The van der Waals surface area contributed by atoms with Crippen LogP contribution in [0.5, 0.6) is 0 Å². The number of unbranched alkanes of at least 4 members (excludes halogenated alkanes) is 1. The van der Waals surface area contributed by atoms with Crippen LogP contribution in [0.3, 0.4) is 0 Å². The lowest BCUT2D eigenvalue weighted by Gasteiger charge is -2.11. The van der Waals surface area contributed by atoms with Gasteiger partial charge in [0.1, 0.15) is 0 Å². The lowest BCUT2D eigenvalue weighted by molar-refractivity contribution is -0.344. The van der Waals surface area contributed by atoms with Crippen LogP contribution in [0.4, 0.5) is 0 Å². The normalized spacial score (nSPS) is 14.1. The Morgan fingerprint density at radius 3 is 2.08 bits per heavy atom. The standard InChI is InChI=1S/C24H28N2/c1-4-7-12-22-17-23(20-13-8-10-18(5-2)15-20)26(25)24(22)21-14-9-11-19(6-3)16-21/h8-11,13-17H,4-7,12H2,1-3H3. The quantitative estimate of drug-likeness (QED) is 0.493. The van der Waals surface area contributed by atoms with Crippen molar-refractivity contribution in [2.75, 3.05) is 0 Å². The van der Waals surface area contributed by atoms with Crippen LogP contribution in [0.1, 0.15) is 62.3 Å². The predicted octanol–water partition coefficient (Wildman–Crippen LogP) is 6.80. The Balaban J connectivity index is 2.03. The Bertz CT molecular complexity index is 871. The van der Waals surface area contributed by atoms with Gasteiger partial charge in [-0.15, -0.1) is 0 Å². The molecule has 0 saturated carbocycles. The van der Waals surface area contributed by atoms with E-state index in [2.05, 4.69) is 75.4 Å². The molecule has 0 saturated heterocycles. The Kier molecular flexibility index (Phi) is 5.82. The van der Waals surface area contributed by atoms with Gasteiger partial charge < -0.3 is 5.53 Å². The SMILES string of the molecule is CCCCC1=C(c2cccc(CC)c2)[N+](=[N-])C(c2cccc(CC)c2)=C1. The molecule has 0 aromatic heterocycles. The van der Waals surface area contributed by atoms with Crippen molar-refractivity contribution < 1.29 is 4.70 Å². The number of benzene rings is 2. The van der Waals surface area contributed by atoms with E-state index >= 15 is 0 Å². The van der Waals surface area contributed by atoms with Gasteiger partial charge in [0.15, 0.2) is 0 Å². The summed E-state index contributed by atoms with van der Waals surface area (Å²) in [5.41, 5.74) is 18.8. The summed E-state index contributed by atoms with van der Waals surface area (Å²) in [6.07, 6.45) is 7.41. The molecule has 1 aliphatic rings. The van der Waals surface area contributed by atoms with Gasteiger partial charge in [0, 0.05) is 22.8 Å². The molecular formula is C24H28N2. The monoisotopic (exact) mass is 344 g/mol. The molecule has 134 valence electrons. The molecule has 0 unspecified atom stereocenters. The van der Waals surface area contributed by atoms with Crippen LogP contribution >= 0.6 is 0 Å². The fourth-order valence-corrected chi connectivity index (χ4v) is 3.51. The lowest BCUT2D eigenvalue weighted by atomic mass is 10.0. The van der Waals surface area contributed by atoms with Crippen molar-refractivity contribution in [1.82, 2.24) is 0 Å². The molecule has 2 aromatic rings. The molecule has 2 heteroatoms. The molecule has 3 rings (SSSR count). The Morgan fingerprint density at radius 1 is 0.846 bits per heavy atom. The third-order valence-corrected chi connectivity index (χ3v) is 5.09. The Morgan fingerprint density at radius 2 is 1.46 bits per heavy atom. The van der Waals surface area contributed by atoms with E-state index in [4.69, 9.17) is 0 Å². The van der Waals surface area contributed by atoms with Gasteiger partial charge in [-0.2, -0.15) is 0 Å². The molecule has 26 heavy (non-hydrogen) atoms. The van der Waals surface area contributed by atoms with Gasteiger partial charge in [0.2, 0.25) is 11.4 Å². The highest BCUT2D eigenvalue weighted by molar-refractivity contribution is 5.78. The van der Waals surface area contributed by atoms with Gasteiger partial charge >= 0.3 is 0 Å². The van der Waals surface area contributed by atoms with E-state index in [1.54, 1.807) is 0 Å². The molecule has 0 atom stereocenters. The average molecular weight is 345 g/mol. The zero-order valence-corrected chi connectivity index (χ0v) is 16.1. The van der Waals surface area contributed by atoms with Crippen LogP contribution in [0.15, 0.2) is 60.2 Å². The maximum absolute atomic E-state index is 11.1. The highest BCUT2D eigenvalue weighted by Crippen LogP contribution is 2.37. The van der Waals surface area contributed by atoms with Crippen molar-refractivity contribution in [2.24, 2.45) is 0 Å². The second kappa shape index (κ2) is 8.27. The minimum Gasteiger partial charge on any atom is -0.493 e. The highest BCUT2D eigenvalue weighted by Gasteiger charge is 2.28. The molecule has 1 heterocycles. The molecule has 0 N–H and O–H groups in total.